The van der Waals surface area contributed by atoms with Crippen molar-refractivity contribution >= 4 is 33.3 Å². The van der Waals surface area contributed by atoms with Crippen LogP contribution in [-0.2, 0) is 22.4 Å². The molecule has 0 radical (unpaired) electrons. The van der Waals surface area contributed by atoms with E-state index in [0.717, 1.165) is 6.42 Å². The summed E-state index contributed by atoms with van der Waals surface area (Å²) in [7, 11) is -6.93. The minimum Gasteiger partial charge on any atom is -0.415 e. The summed E-state index contributed by atoms with van der Waals surface area (Å²) in [5, 5.41) is 0. The van der Waals surface area contributed by atoms with Crippen molar-refractivity contribution < 1.29 is 22.4 Å². The molecule has 0 saturated carbocycles. The zero-order chi connectivity index (χ0) is 21.3. The van der Waals surface area contributed by atoms with Gasteiger partial charge in [0.15, 0.2) is 39.6 Å². The fourth-order valence-corrected chi connectivity index (χ4v) is 6.68. The molecule has 4 atom stereocenters. The Kier molecular flexibility index (Phi) is 8.77. The molecule has 9 heteroatoms. The van der Waals surface area contributed by atoms with E-state index in [1.54, 1.807) is 0 Å². The molecule has 27 heavy (non-hydrogen) atoms. The van der Waals surface area contributed by atoms with Gasteiger partial charge in [-0.15, -0.1) is 0 Å². The minimum absolute atomic E-state index is 0.00581. The van der Waals surface area contributed by atoms with Crippen LogP contribution in [-0.4, -0.2) is 64.5 Å². The largest absolute Gasteiger partial charge is 0.415 e. The van der Waals surface area contributed by atoms with Gasteiger partial charge < -0.3 is 22.4 Å². The first kappa shape index (κ1) is 25.7. The lowest BCUT2D eigenvalue weighted by Crippen LogP contribution is -2.59. The summed E-state index contributed by atoms with van der Waals surface area (Å²) >= 11 is 0. The van der Waals surface area contributed by atoms with Crippen LogP contribution in [0.3, 0.4) is 0 Å². The van der Waals surface area contributed by atoms with Crippen molar-refractivity contribution in [3.05, 3.63) is 0 Å². The Hall–Kier alpha value is 0.668. The summed E-state index contributed by atoms with van der Waals surface area (Å²) in [6, 6.07) is 0. The van der Waals surface area contributed by atoms with Crippen molar-refractivity contribution in [2.24, 2.45) is 0 Å². The van der Waals surface area contributed by atoms with E-state index in [1.165, 1.54) is 0 Å². The van der Waals surface area contributed by atoms with Gasteiger partial charge in [0.2, 0.25) is 0 Å². The van der Waals surface area contributed by atoms with Gasteiger partial charge in [-0.25, -0.2) is 0 Å². The molecule has 0 aromatic heterocycles. The topological polar surface area (TPSA) is 46.2 Å². The Labute approximate surface area is 172 Å². The van der Waals surface area contributed by atoms with Crippen molar-refractivity contribution in [1.82, 2.24) is 0 Å². The maximum absolute atomic E-state index is 6.59. The average molecular weight is 453 g/mol. The van der Waals surface area contributed by atoms with Crippen LogP contribution in [0.25, 0.3) is 0 Å². The Balaban J connectivity index is 3.08. The van der Waals surface area contributed by atoms with Crippen LogP contribution in [0.4, 0.5) is 0 Å². The van der Waals surface area contributed by atoms with Crippen molar-refractivity contribution in [2.45, 2.75) is 110 Å². The summed E-state index contributed by atoms with van der Waals surface area (Å²) in [6.45, 7) is 27.1. The van der Waals surface area contributed by atoms with Gasteiger partial charge in [0.25, 0.3) is 0 Å². The average Bonchev–Trinajstić information content (AvgIpc) is 2.34. The van der Waals surface area contributed by atoms with Gasteiger partial charge in [-0.3, -0.25) is 0 Å². The molecule has 1 fully saturated rings. The molecule has 1 aliphatic heterocycles. The fourth-order valence-electron chi connectivity index (χ4n) is 2.89. The second kappa shape index (κ2) is 9.21. The lowest BCUT2D eigenvalue weighted by atomic mass is 10.0. The standard InChI is InChI=1S/C18H44O5Si4/c1-24(2,3)19-14-15-13-16(21-25(4,5)6)17(22-26(7,8)9)18(20-15)23-27(10,11)12/h15-18H,13-14H2,1-12H3/t15-,16-,17+,18+/m0/s1. The molecule has 0 N–H and O–H groups in total. The molecule has 0 unspecified atom stereocenters. The van der Waals surface area contributed by atoms with Crippen molar-refractivity contribution in [2.75, 3.05) is 6.61 Å². The molecule has 0 aliphatic carbocycles. The molecule has 0 aromatic rings. The Morgan fingerprint density at radius 2 is 1.15 bits per heavy atom. The van der Waals surface area contributed by atoms with E-state index in [2.05, 4.69) is 78.6 Å². The van der Waals surface area contributed by atoms with Crippen LogP contribution >= 0.6 is 0 Å². The molecular weight excluding hydrogens is 409 g/mol. The maximum Gasteiger partial charge on any atom is 0.187 e. The molecule has 5 nitrogen and oxygen atoms in total. The van der Waals surface area contributed by atoms with Gasteiger partial charge in [0, 0.05) is 6.42 Å². The summed E-state index contributed by atoms with van der Waals surface area (Å²) < 4.78 is 32.2. The van der Waals surface area contributed by atoms with Gasteiger partial charge >= 0.3 is 0 Å². The highest BCUT2D eigenvalue weighted by Gasteiger charge is 2.46. The molecular formula is C18H44O5Si4. The lowest BCUT2D eigenvalue weighted by molar-refractivity contribution is -0.235. The third-order valence-electron chi connectivity index (χ3n) is 3.62. The highest BCUT2D eigenvalue weighted by molar-refractivity contribution is 6.71. The van der Waals surface area contributed by atoms with Crippen molar-refractivity contribution in [3.8, 4) is 0 Å². The van der Waals surface area contributed by atoms with E-state index in [0.29, 0.717) is 6.61 Å². The van der Waals surface area contributed by atoms with Crippen LogP contribution in [0.2, 0.25) is 78.6 Å². The summed E-state index contributed by atoms with van der Waals surface area (Å²) in [4.78, 5) is 0. The predicted octanol–water partition coefficient (Wildman–Crippen LogP) is 5.24. The zero-order valence-electron chi connectivity index (χ0n) is 19.8. The number of rotatable bonds is 9. The van der Waals surface area contributed by atoms with Gasteiger partial charge in [-0.2, -0.15) is 0 Å². The van der Waals surface area contributed by atoms with Gasteiger partial charge in [-0.1, -0.05) is 0 Å². The van der Waals surface area contributed by atoms with Crippen LogP contribution in [0, 0.1) is 0 Å². The van der Waals surface area contributed by atoms with E-state index in [9.17, 15) is 0 Å². The van der Waals surface area contributed by atoms with Crippen molar-refractivity contribution in [3.63, 3.8) is 0 Å². The monoisotopic (exact) mass is 452 g/mol. The van der Waals surface area contributed by atoms with E-state index in [1.807, 2.05) is 0 Å². The number of hydrogen-bond donors (Lipinski definition) is 0. The molecule has 0 aromatic carbocycles. The quantitative estimate of drug-likeness (QED) is 0.447. The van der Waals surface area contributed by atoms with E-state index >= 15 is 0 Å². The second-order valence-corrected chi connectivity index (χ2v) is 29.4. The van der Waals surface area contributed by atoms with Crippen LogP contribution in [0.5, 0.6) is 0 Å². The highest BCUT2D eigenvalue weighted by atomic mass is 28.4. The minimum atomic E-state index is -1.81. The van der Waals surface area contributed by atoms with Crippen LogP contribution in [0.1, 0.15) is 6.42 Å². The fraction of sp³-hybridized carbons (Fsp3) is 1.00. The maximum atomic E-state index is 6.59. The number of hydrogen-bond acceptors (Lipinski definition) is 5. The molecule has 162 valence electrons. The van der Waals surface area contributed by atoms with Gasteiger partial charge in [0.1, 0.15) is 6.10 Å². The molecule has 0 spiro atoms. The summed E-state index contributed by atoms with van der Waals surface area (Å²) in [5.74, 6) is 0. The zero-order valence-corrected chi connectivity index (χ0v) is 23.8. The van der Waals surface area contributed by atoms with Crippen LogP contribution < -0.4 is 0 Å². The smallest absolute Gasteiger partial charge is 0.187 e. The lowest BCUT2D eigenvalue weighted by Gasteiger charge is -2.47. The first-order chi connectivity index (χ1) is 11.8. The summed E-state index contributed by atoms with van der Waals surface area (Å²) in [5.41, 5.74) is 0. The van der Waals surface area contributed by atoms with E-state index in [4.69, 9.17) is 22.4 Å². The molecule has 1 aliphatic rings. The van der Waals surface area contributed by atoms with E-state index in [-0.39, 0.29) is 24.6 Å². The Morgan fingerprint density at radius 3 is 1.56 bits per heavy atom. The SMILES string of the molecule is C[Si](C)(C)OC[C@@H]1C[C@H](O[Si](C)(C)C)[C@@H](O[Si](C)(C)C)[C@@H](O[Si](C)(C)C)O1. The third-order valence-corrected chi connectivity index (χ3v) is 7.58. The van der Waals surface area contributed by atoms with Crippen molar-refractivity contribution in [1.29, 1.82) is 0 Å². The van der Waals surface area contributed by atoms with Crippen LogP contribution in [0.15, 0.2) is 0 Å². The Bertz CT molecular complexity index is 436. The summed E-state index contributed by atoms with van der Waals surface area (Å²) in [6.07, 6.45) is 0.233. The molecule has 1 saturated heterocycles. The van der Waals surface area contributed by atoms with E-state index < -0.39 is 33.3 Å². The predicted molar refractivity (Wildman–Crippen MR) is 123 cm³/mol. The normalized spacial score (nSPS) is 28.4. The highest BCUT2D eigenvalue weighted by Crippen LogP contribution is 2.32. The first-order valence-electron chi connectivity index (χ1n) is 10.2. The molecule has 0 amide bonds. The van der Waals surface area contributed by atoms with Gasteiger partial charge in [0.05, 0.1) is 18.8 Å². The Morgan fingerprint density at radius 1 is 0.667 bits per heavy atom. The molecule has 0 bridgehead atoms. The molecule has 1 rings (SSSR count). The van der Waals surface area contributed by atoms with Gasteiger partial charge in [-0.05, 0) is 78.6 Å². The second-order valence-electron chi connectivity index (χ2n) is 11.5. The first-order valence-corrected chi connectivity index (χ1v) is 23.8. The molecule has 1 heterocycles. The third kappa shape index (κ3) is 11.4. The number of ether oxygens (including phenoxy) is 1.